The Kier molecular flexibility index (Phi) is 5.66. The van der Waals surface area contributed by atoms with Crippen molar-refractivity contribution in [3.8, 4) is 5.88 Å². The Morgan fingerprint density at radius 2 is 1.75 bits per heavy atom. The fraction of sp³-hybridized carbons (Fsp3) is 0.227. The maximum Gasteiger partial charge on any atom is 0.223 e. The van der Waals surface area contributed by atoms with Gasteiger partial charge in [-0.2, -0.15) is 5.10 Å². The van der Waals surface area contributed by atoms with Gasteiger partial charge in [-0.25, -0.2) is 4.68 Å². The number of aryl methyl sites for hydroxylation is 2. The number of hydrogen-bond donors (Lipinski definition) is 0. The van der Waals surface area contributed by atoms with Crippen molar-refractivity contribution in [2.75, 3.05) is 6.61 Å². The minimum atomic E-state index is -0.286. The van der Waals surface area contributed by atoms with E-state index in [1.54, 1.807) is 37.4 Å². The summed E-state index contributed by atoms with van der Waals surface area (Å²) in [5, 5.41) is 4.54. The van der Waals surface area contributed by atoms with Crippen LogP contribution in [0.15, 0.2) is 42.6 Å². The van der Waals surface area contributed by atoms with E-state index in [1.165, 1.54) is 10.9 Å². The molecule has 6 heteroatoms. The molecule has 5 nitrogen and oxygen atoms in total. The van der Waals surface area contributed by atoms with Gasteiger partial charge in [0.25, 0.3) is 0 Å². The maximum atomic E-state index is 13.1. The van der Waals surface area contributed by atoms with Crippen LogP contribution in [0.1, 0.15) is 43.0 Å². The van der Waals surface area contributed by atoms with Gasteiger partial charge in [0.2, 0.25) is 11.7 Å². The van der Waals surface area contributed by atoms with Crippen LogP contribution in [0.4, 0.5) is 0 Å². The Morgan fingerprint density at radius 1 is 1.07 bits per heavy atom. The molecule has 3 rings (SSSR count). The second kappa shape index (κ2) is 7.98. The molecule has 0 saturated heterocycles. The topological polar surface area (TPSA) is 61.2 Å². The van der Waals surface area contributed by atoms with E-state index >= 15 is 0 Å². The van der Waals surface area contributed by atoms with Crippen LogP contribution in [0.3, 0.4) is 0 Å². The van der Waals surface area contributed by atoms with Gasteiger partial charge >= 0.3 is 0 Å². The SMILES string of the molecule is Cc1cc(C(=O)c2cnn(C)c2OCC(=O)c2ccccc2)c(Cl)c(C)c1C. The Morgan fingerprint density at radius 3 is 2.43 bits per heavy atom. The monoisotopic (exact) mass is 396 g/mol. The predicted molar refractivity (Wildman–Crippen MR) is 109 cm³/mol. The summed E-state index contributed by atoms with van der Waals surface area (Å²) >= 11 is 6.44. The first kappa shape index (κ1) is 19.8. The number of hydrogen-bond acceptors (Lipinski definition) is 4. The van der Waals surface area contributed by atoms with Crippen LogP contribution in [0, 0.1) is 20.8 Å². The quantitative estimate of drug-likeness (QED) is 0.576. The highest BCUT2D eigenvalue weighted by atomic mass is 35.5. The molecule has 0 aliphatic carbocycles. The van der Waals surface area contributed by atoms with E-state index in [4.69, 9.17) is 16.3 Å². The molecule has 2 aromatic carbocycles. The summed E-state index contributed by atoms with van der Waals surface area (Å²) < 4.78 is 7.12. The van der Waals surface area contributed by atoms with Crippen LogP contribution >= 0.6 is 11.6 Å². The Bertz CT molecular complexity index is 1060. The zero-order chi connectivity index (χ0) is 20.4. The van der Waals surface area contributed by atoms with Crippen LogP contribution in [0.25, 0.3) is 0 Å². The first-order chi connectivity index (χ1) is 13.3. The van der Waals surface area contributed by atoms with Crippen molar-refractivity contribution in [3.05, 3.63) is 81.0 Å². The molecular weight excluding hydrogens is 376 g/mol. The van der Waals surface area contributed by atoms with Gasteiger partial charge in [-0.15, -0.1) is 0 Å². The van der Waals surface area contributed by atoms with Gasteiger partial charge in [0.1, 0.15) is 5.56 Å². The van der Waals surface area contributed by atoms with Crippen molar-refractivity contribution in [2.45, 2.75) is 20.8 Å². The largest absolute Gasteiger partial charge is 0.469 e. The molecule has 0 saturated carbocycles. The minimum absolute atomic E-state index is 0.180. The molecule has 144 valence electrons. The van der Waals surface area contributed by atoms with Crippen molar-refractivity contribution >= 4 is 23.2 Å². The average molecular weight is 397 g/mol. The summed E-state index contributed by atoms with van der Waals surface area (Å²) in [7, 11) is 1.66. The lowest BCUT2D eigenvalue weighted by Gasteiger charge is -2.13. The molecule has 3 aromatic rings. The normalized spacial score (nSPS) is 10.8. The number of carbonyl (C=O) groups excluding carboxylic acids is 2. The number of nitrogens with zero attached hydrogens (tertiary/aromatic N) is 2. The molecule has 28 heavy (non-hydrogen) atoms. The van der Waals surface area contributed by atoms with Crippen LogP contribution < -0.4 is 4.74 Å². The highest BCUT2D eigenvalue weighted by molar-refractivity contribution is 6.36. The lowest BCUT2D eigenvalue weighted by atomic mass is 9.96. The lowest BCUT2D eigenvalue weighted by Crippen LogP contribution is -2.15. The highest BCUT2D eigenvalue weighted by Crippen LogP contribution is 2.30. The number of carbonyl (C=O) groups is 2. The number of halogens is 1. The Balaban J connectivity index is 1.89. The molecule has 1 aromatic heterocycles. The third kappa shape index (κ3) is 3.71. The first-order valence-corrected chi connectivity index (χ1v) is 9.23. The number of benzene rings is 2. The van der Waals surface area contributed by atoms with Crippen molar-refractivity contribution in [1.82, 2.24) is 9.78 Å². The molecule has 1 heterocycles. The molecule has 0 fully saturated rings. The molecule has 0 aliphatic heterocycles. The van der Waals surface area contributed by atoms with Gasteiger partial charge in [0, 0.05) is 18.2 Å². The Hall–Kier alpha value is -2.92. The third-order valence-electron chi connectivity index (χ3n) is 4.89. The van der Waals surface area contributed by atoms with E-state index in [0.29, 0.717) is 16.1 Å². The van der Waals surface area contributed by atoms with Crippen molar-refractivity contribution in [1.29, 1.82) is 0 Å². The van der Waals surface area contributed by atoms with Crippen LogP contribution in [-0.2, 0) is 7.05 Å². The van der Waals surface area contributed by atoms with Gasteiger partial charge in [0.05, 0.1) is 11.2 Å². The van der Waals surface area contributed by atoms with Crippen molar-refractivity contribution in [3.63, 3.8) is 0 Å². The zero-order valence-corrected chi connectivity index (χ0v) is 17.0. The summed E-state index contributed by atoms with van der Waals surface area (Å²) in [6.45, 7) is 5.61. The summed E-state index contributed by atoms with van der Waals surface area (Å²) in [5.41, 5.74) is 4.12. The van der Waals surface area contributed by atoms with Crippen LogP contribution in [0.5, 0.6) is 5.88 Å². The van der Waals surface area contributed by atoms with E-state index in [0.717, 1.165) is 16.7 Å². The second-order valence-corrected chi connectivity index (χ2v) is 7.08. The highest BCUT2D eigenvalue weighted by Gasteiger charge is 2.23. The zero-order valence-electron chi connectivity index (χ0n) is 16.2. The standard InChI is InChI=1S/C22H21ClN2O3/c1-13-10-17(20(23)15(3)14(13)2)21(27)18-11-24-25(4)22(18)28-12-19(26)16-8-6-5-7-9-16/h5-11H,12H2,1-4H3. The molecule has 0 unspecified atom stereocenters. The molecular formula is C22H21ClN2O3. The summed E-state index contributed by atoms with van der Waals surface area (Å²) in [5.74, 6) is -0.229. The van der Waals surface area contributed by atoms with Gasteiger partial charge in [-0.1, -0.05) is 41.9 Å². The number of aromatic nitrogens is 2. The third-order valence-corrected chi connectivity index (χ3v) is 5.38. The molecule has 0 atom stereocenters. The Labute approximate surface area is 168 Å². The summed E-state index contributed by atoms with van der Waals surface area (Å²) in [4.78, 5) is 25.5. The average Bonchev–Trinajstić information content (AvgIpc) is 3.07. The van der Waals surface area contributed by atoms with E-state index < -0.39 is 0 Å². The molecule has 0 aliphatic rings. The van der Waals surface area contributed by atoms with Crippen LogP contribution in [0.2, 0.25) is 5.02 Å². The van der Waals surface area contributed by atoms with E-state index in [1.807, 2.05) is 26.8 Å². The number of rotatable bonds is 6. The molecule has 0 radical (unpaired) electrons. The predicted octanol–water partition coefficient (Wildman–Crippen LogP) is 4.49. The number of ether oxygens (including phenoxy) is 1. The van der Waals surface area contributed by atoms with Gasteiger partial charge in [-0.05, 0) is 43.5 Å². The summed E-state index contributed by atoms with van der Waals surface area (Å²) in [6.07, 6.45) is 1.44. The summed E-state index contributed by atoms with van der Waals surface area (Å²) in [6, 6.07) is 10.6. The van der Waals surface area contributed by atoms with Crippen molar-refractivity contribution in [2.24, 2.45) is 7.05 Å². The lowest BCUT2D eigenvalue weighted by molar-refractivity contribution is 0.0908. The minimum Gasteiger partial charge on any atom is -0.469 e. The second-order valence-electron chi connectivity index (χ2n) is 6.70. The van der Waals surface area contributed by atoms with E-state index in [2.05, 4.69) is 5.10 Å². The van der Waals surface area contributed by atoms with Gasteiger partial charge in [0.15, 0.2) is 12.4 Å². The first-order valence-electron chi connectivity index (χ1n) is 8.85. The fourth-order valence-corrected chi connectivity index (χ4v) is 3.24. The number of Topliss-reactive ketones (excluding diaryl/α,β-unsaturated/α-hetero) is 1. The van der Waals surface area contributed by atoms with Crippen molar-refractivity contribution < 1.29 is 14.3 Å². The smallest absolute Gasteiger partial charge is 0.223 e. The number of ketones is 2. The van der Waals surface area contributed by atoms with Gasteiger partial charge < -0.3 is 4.74 Å². The van der Waals surface area contributed by atoms with E-state index in [9.17, 15) is 9.59 Å². The molecule has 0 N–H and O–H groups in total. The van der Waals surface area contributed by atoms with E-state index in [-0.39, 0.29) is 29.6 Å². The van der Waals surface area contributed by atoms with Gasteiger partial charge in [-0.3, -0.25) is 9.59 Å². The van der Waals surface area contributed by atoms with Crippen LogP contribution in [-0.4, -0.2) is 28.0 Å². The molecule has 0 spiro atoms. The fourth-order valence-electron chi connectivity index (χ4n) is 2.96. The maximum absolute atomic E-state index is 13.1. The molecule has 0 bridgehead atoms. The molecule has 0 amide bonds.